The first-order valence-corrected chi connectivity index (χ1v) is 6.63. The Morgan fingerprint density at radius 1 is 1.39 bits per heavy atom. The van der Waals surface area contributed by atoms with Crippen molar-refractivity contribution in [1.29, 1.82) is 0 Å². The Labute approximate surface area is 130 Å². The molecule has 1 atom stereocenters. The molecule has 1 aromatic heterocycles. The smallest absolute Gasteiger partial charge is 0.332 e. The number of imide groups is 2. The van der Waals surface area contributed by atoms with Gasteiger partial charge in [0.2, 0.25) is 11.8 Å². The number of aliphatic imine (C=N–C) groups is 1. The van der Waals surface area contributed by atoms with E-state index in [1.165, 1.54) is 26.6 Å². The van der Waals surface area contributed by atoms with Gasteiger partial charge in [0.25, 0.3) is 0 Å². The van der Waals surface area contributed by atoms with E-state index in [1.807, 2.05) is 0 Å². The Kier molecular flexibility index (Phi) is 4.53. The summed E-state index contributed by atoms with van der Waals surface area (Å²) in [4.78, 5) is 58.5. The number of aromatic nitrogens is 2. The molecule has 10 heteroatoms. The fourth-order valence-electron chi connectivity index (χ4n) is 2.06. The molecule has 1 aliphatic rings. The predicted molar refractivity (Wildman–Crippen MR) is 74.0 cm³/mol. The number of aromatic amines is 1. The molecule has 23 heavy (non-hydrogen) atoms. The van der Waals surface area contributed by atoms with Gasteiger partial charge in [-0.2, -0.15) is 0 Å². The van der Waals surface area contributed by atoms with Crippen LogP contribution in [-0.4, -0.2) is 69.9 Å². The van der Waals surface area contributed by atoms with Crippen LogP contribution in [0.2, 0.25) is 0 Å². The van der Waals surface area contributed by atoms with Gasteiger partial charge in [-0.3, -0.25) is 24.4 Å². The number of hydrogen-bond donors (Lipinski definition) is 1. The van der Waals surface area contributed by atoms with Gasteiger partial charge < -0.3 is 14.9 Å². The number of aliphatic carboxylic acids is 1. The van der Waals surface area contributed by atoms with Gasteiger partial charge in [-0.15, -0.1) is 0 Å². The quantitative estimate of drug-likeness (QED) is 0.483. The number of nitrogens with zero attached hydrogens (tertiary/aromatic N) is 4. The molecule has 0 aliphatic carbocycles. The molecular weight excluding hydrogens is 306 g/mol. The lowest BCUT2D eigenvalue weighted by atomic mass is 10.1. The van der Waals surface area contributed by atoms with E-state index in [0.717, 1.165) is 16.0 Å². The van der Waals surface area contributed by atoms with E-state index in [1.54, 1.807) is 0 Å². The van der Waals surface area contributed by atoms with E-state index < -0.39 is 35.8 Å². The Bertz CT molecular complexity index is 644. The molecule has 0 spiro atoms. The molecule has 1 N–H and O–H groups in total. The molecule has 0 saturated carbocycles. The van der Waals surface area contributed by atoms with E-state index >= 15 is 0 Å². The fourth-order valence-corrected chi connectivity index (χ4v) is 2.06. The monoisotopic (exact) mass is 320 g/mol. The number of urea groups is 1. The average Bonchev–Trinajstić information content (AvgIpc) is 3.02. The van der Waals surface area contributed by atoms with Crippen molar-refractivity contribution < 1.29 is 24.3 Å². The zero-order chi connectivity index (χ0) is 17.1. The lowest BCUT2D eigenvalue weighted by molar-refractivity contribution is -0.307. The van der Waals surface area contributed by atoms with Crippen LogP contribution in [0, 0.1) is 5.92 Å². The van der Waals surface area contributed by atoms with Crippen molar-refractivity contribution in [3.05, 3.63) is 18.2 Å². The standard InChI is InChI=1S/C13H15N5O5/c1-17-10(19)8(11(20)18(2)13(17)23)5-15-9(12(21)22)3-7-4-14-6-16-7/h4-6,8-9H,3H2,1-2H3,(H,14,16)(H,21,22)/p-1/t9-/m0/s1. The Balaban J connectivity index is 2.18. The second-order valence-electron chi connectivity index (χ2n) is 4.97. The molecule has 122 valence electrons. The average molecular weight is 320 g/mol. The highest BCUT2D eigenvalue weighted by Crippen LogP contribution is 2.14. The molecule has 1 aliphatic heterocycles. The maximum absolute atomic E-state index is 12.0. The van der Waals surface area contributed by atoms with E-state index in [2.05, 4.69) is 15.0 Å². The SMILES string of the molecule is CN1C(=O)C(C=N[C@@H](Cc2cnc[nH]2)C(=O)[O-])C(=O)N(C)C1=O. The van der Waals surface area contributed by atoms with Gasteiger partial charge in [-0.25, -0.2) is 9.78 Å². The number of carbonyl (C=O) groups is 4. The number of H-pyrrole nitrogens is 1. The summed E-state index contributed by atoms with van der Waals surface area (Å²) in [6, 6.07) is -2.04. The molecule has 0 unspecified atom stereocenters. The molecule has 0 radical (unpaired) electrons. The lowest BCUT2D eigenvalue weighted by Gasteiger charge is -2.31. The highest BCUT2D eigenvalue weighted by atomic mass is 16.4. The molecule has 10 nitrogen and oxygen atoms in total. The van der Waals surface area contributed by atoms with Gasteiger partial charge >= 0.3 is 6.03 Å². The molecule has 0 aromatic carbocycles. The van der Waals surface area contributed by atoms with E-state index in [0.29, 0.717) is 5.69 Å². The van der Waals surface area contributed by atoms with Crippen LogP contribution in [-0.2, 0) is 20.8 Å². The molecule has 1 fully saturated rings. The van der Waals surface area contributed by atoms with Crippen LogP contribution >= 0.6 is 0 Å². The number of imidazole rings is 1. The van der Waals surface area contributed by atoms with Crippen LogP contribution in [0.25, 0.3) is 0 Å². The summed E-state index contributed by atoms with van der Waals surface area (Å²) in [6.07, 6.45) is 3.73. The van der Waals surface area contributed by atoms with Crippen LogP contribution in [0.4, 0.5) is 4.79 Å². The van der Waals surface area contributed by atoms with Crippen molar-refractivity contribution in [2.45, 2.75) is 12.5 Å². The molecular formula is C13H14N5O5-. The summed E-state index contributed by atoms with van der Waals surface area (Å²) < 4.78 is 0. The van der Waals surface area contributed by atoms with Gasteiger partial charge in [0.05, 0.1) is 18.3 Å². The largest absolute Gasteiger partial charge is 0.548 e. The Morgan fingerprint density at radius 2 is 2.00 bits per heavy atom. The topological polar surface area (TPSA) is 139 Å². The van der Waals surface area contributed by atoms with Gasteiger partial charge in [-0.05, 0) is 0 Å². The van der Waals surface area contributed by atoms with Crippen LogP contribution in [0.3, 0.4) is 0 Å². The third kappa shape index (κ3) is 3.25. The van der Waals surface area contributed by atoms with E-state index in [4.69, 9.17) is 0 Å². The number of rotatable bonds is 5. The number of carbonyl (C=O) groups excluding carboxylic acids is 4. The van der Waals surface area contributed by atoms with Crippen LogP contribution in [0.5, 0.6) is 0 Å². The molecule has 2 rings (SSSR count). The van der Waals surface area contributed by atoms with Crippen molar-refractivity contribution in [2.24, 2.45) is 10.9 Å². The van der Waals surface area contributed by atoms with Crippen LogP contribution in [0.15, 0.2) is 17.5 Å². The van der Waals surface area contributed by atoms with Crippen molar-refractivity contribution in [3.63, 3.8) is 0 Å². The Morgan fingerprint density at radius 3 is 2.48 bits per heavy atom. The third-order valence-corrected chi connectivity index (χ3v) is 3.42. The van der Waals surface area contributed by atoms with Crippen molar-refractivity contribution in [1.82, 2.24) is 19.8 Å². The minimum absolute atomic E-state index is 0.0292. The van der Waals surface area contributed by atoms with Gasteiger partial charge in [0.15, 0.2) is 5.92 Å². The zero-order valence-corrected chi connectivity index (χ0v) is 12.4. The minimum Gasteiger partial charge on any atom is -0.548 e. The maximum Gasteiger partial charge on any atom is 0.332 e. The number of nitrogens with one attached hydrogen (secondary N) is 1. The maximum atomic E-state index is 12.0. The summed E-state index contributed by atoms with van der Waals surface area (Å²) in [6.45, 7) is 0. The normalized spacial score (nSPS) is 18.1. The first kappa shape index (κ1) is 16.3. The fraction of sp³-hybridized carbons (Fsp3) is 0.385. The number of carboxylic acid groups (broad SMARTS) is 1. The van der Waals surface area contributed by atoms with Gasteiger partial charge in [0.1, 0.15) is 0 Å². The summed E-state index contributed by atoms with van der Waals surface area (Å²) in [7, 11) is 2.46. The second-order valence-corrected chi connectivity index (χ2v) is 4.97. The van der Waals surface area contributed by atoms with Gasteiger partial charge in [-0.1, -0.05) is 0 Å². The highest BCUT2D eigenvalue weighted by Gasteiger charge is 2.41. The second kappa shape index (κ2) is 6.38. The molecule has 0 bridgehead atoms. The van der Waals surface area contributed by atoms with Crippen molar-refractivity contribution in [2.75, 3.05) is 14.1 Å². The Hall–Kier alpha value is -3.04. The van der Waals surface area contributed by atoms with E-state index in [9.17, 15) is 24.3 Å². The first-order chi connectivity index (χ1) is 10.8. The predicted octanol–water partition coefficient (Wildman–Crippen LogP) is -2.19. The molecule has 1 saturated heterocycles. The minimum atomic E-state index is -1.45. The zero-order valence-electron chi connectivity index (χ0n) is 12.4. The van der Waals surface area contributed by atoms with Crippen LogP contribution < -0.4 is 5.11 Å². The molecule has 2 heterocycles. The van der Waals surface area contributed by atoms with Crippen molar-refractivity contribution in [3.8, 4) is 0 Å². The summed E-state index contributed by atoms with van der Waals surface area (Å²) in [5, 5.41) is 11.1. The summed E-state index contributed by atoms with van der Waals surface area (Å²) in [5.41, 5.74) is 0.516. The third-order valence-electron chi connectivity index (χ3n) is 3.42. The van der Waals surface area contributed by atoms with E-state index in [-0.39, 0.29) is 6.42 Å². The lowest BCUT2D eigenvalue weighted by Crippen LogP contribution is -2.57. The number of amides is 4. The van der Waals surface area contributed by atoms with Gasteiger partial charge in [0, 0.05) is 38.6 Å². The number of barbiturate groups is 1. The number of carboxylic acids is 1. The number of hydrogen-bond acceptors (Lipinski definition) is 7. The van der Waals surface area contributed by atoms with Crippen LogP contribution in [0.1, 0.15) is 5.69 Å². The van der Waals surface area contributed by atoms with Crippen molar-refractivity contribution >= 4 is 30.0 Å². The highest BCUT2D eigenvalue weighted by molar-refractivity contribution is 6.23. The summed E-state index contributed by atoms with van der Waals surface area (Å²) in [5.74, 6) is -4.32. The molecule has 1 aromatic rings. The summed E-state index contributed by atoms with van der Waals surface area (Å²) >= 11 is 0. The molecule has 4 amide bonds. The first-order valence-electron chi connectivity index (χ1n) is 6.63.